The lowest BCUT2D eigenvalue weighted by molar-refractivity contribution is -0.384. The van der Waals surface area contributed by atoms with E-state index in [4.69, 9.17) is 11.6 Å². The number of benzene rings is 2. The minimum Gasteiger partial charge on any atom is -0.350 e. The Bertz CT molecular complexity index is 1190. The maximum Gasteiger partial charge on any atom is 0.295 e. The van der Waals surface area contributed by atoms with Gasteiger partial charge in [0.2, 0.25) is 0 Å². The van der Waals surface area contributed by atoms with Crippen molar-refractivity contribution in [1.29, 1.82) is 0 Å². The number of nitrogens with zero attached hydrogens (tertiary/aromatic N) is 3. The first-order valence-electron chi connectivity index (χ1n) is 8.23. The zero-order valence-corrected chi connectivity index (χ0v) is 16.7. The quantitative estimate of drug-likeness (QED) is 0.333. The fourth-order valence-electron chi connectivity index (χ4n) is 2.47. The molecule has 0 unspecified atom stereocenters. The molecule has 9 nitrogen and oxygen atoms in total. The lowest BCUT2D eigenvalue weighted by atomic mass is 10.3. The SMILES string of the molecule is Cn1cccc1/C=N/Nc1ccc(S(=O)(=O)Nc2cccc(Cl)c2)cc1[N+](=O)[O-]. The normalized spacial score (nSPS) is 11.5. The Morgan fingerprint density at radius 1 is 1.17 bits per heavy atom. The molecule has 0 spiro atoms. The number of hydrogen-bond donors (Lipinski definition) is 2. The highest BCUT2D eigenvalue weighted by Gasteiger charge is 2.21. The Balaban J connectivity index is 1.86. The molecule has 0 atom stereocenters. The molecule has 0 aliphatic rings. The van der Waals surface area contributed by atoms with E-state index in [-0.39, 0.29) is 16.3 Å². The van der Waals surface area contributed by atoms with Crippen LogP contribution in [0.4, 0.5) is 17.1 Å². The van der Waals surface area contributed by atoms with Crippen molar-refractivity contribution >= 4 is 44.9 Å². The van der Waals surface area contributed by atoms with Gasteiger partial charge in [-0.1, -0.05) is 17.7 Å². The van der Waals surface area contributed by atoms with E-state index in [1.165, 1.54) is 30.5 Å². The lowest BCUT2D eigenvalue weighted by Gasteiger charge is -2.09. The lowest BCUT2D eigenvalue weighted by Crippen LogP contribution is -2.13. The molecule has 29 heavy (non-hydrogen) atoms. The Morgan fingerprint density at radius 3 is 2.62 bits per heavy atom. The van der Waals surface area contributed by atoms with Crippen LogP contribution in [0.15, 0.2) is 70.8 Å². The molecule has 0 saturated heterocycles. The van der Waals surface area contributed by atoms with Crippen LogP contribution in [0.25, 0.3) is 0 Å². The molecule has 0 aliphatic heterocycles. The van der Waals surface area contributed by atoms with Gasteiger partial charge < -0.3 is 4.57 Å². The van der Waals surface area contributed by atoms with Crippen molar-refractivity contribution in [3.63, 3.8) is 0 Å². The van der Waals surface area contributed by atoms with Crippen LogP contribution in [-0.4, -0.2) is 24.1 Å². The van der Waals surface area contributed by atoms with Crippen molar-refractivity contribution in [1.82, 2.24) is 4.57 Å². The largest absolute Gasteiger partial charge is 0.350 e. The molecule has 3 aromatic rings. The monoisotopic (exact) mass is 433 g/mol. The molecule has 1 heterocycles. The van der Waals surface area contributed by atoms with Crippen molar-refractivity contribution in [2.45, 2.75) is 4.90 Å². The molecular weight excluding hydrogens is 418 g/mol. The standard InChI is InChI=1S/C18H16ClN5O4S/c1-23-9-3-6-15(23)12-20-21-17-8-7-16(11-18(17)24(25)26)29(27,28)22-14-5-2-4-13(19)10-14/h2-12,21-22H,1H3/b20-12+. The van der Waals surface area contributed by atoms with Crippen LogP contribution in [0.2, 0.25) is 5.02 Å². The van der Waals surface area contributed by atoms with Gasteiger partial charge >= 0.3 is 0 Å². The van der Waals surface area contributed by atoms with Crippen LogP contribution < -0.4 is 10.1 Å². The van der Waals surface area contributed by atoms with Gasteiger partial charge in [0.15, 0.2) is 0 Å². The summed E-state index contributed by atoms with van der Waals surface area (Å²) in [6.45, 7) is 0. The van der Waals surface area contributed by atoms with E-state index in [0.717, 1.165) is 11.8 Å². The summed E-state index contributed by atoms with van der Waals surface area (Å²) in [4.78, 5) is 10.5. The van der Waals surface area contributed by atoms with E-state index in [1.54, 1.807) is 12.1 Å². The van der Waals surface area contributed by atoms with E-state index >= 15 is 0 Å². The molecule has 150 valence electrons. The molecule has 1 aromatic heterocycles. The molecule has 0 aliphatic carbocycles. The first-order valence-corrected chi connectivity index (χ1v) is 10.1. The summed E-state index contributed by atoms with van der Waals surface area (Å²) in [6, 6.07) is 13.3. The fourth-order valence-corrected chi connectivity index (χ4v) is 3.73. The minimum absolute atomic E-state index is 0.0576. The highest BCUT2D eigenvalue weighted by molar-refractivity contribution is 7.92. The summed E-state index contributed by atoms with van der Waals surface area (Å²) in [5.74, 6) is 0. The second-order valence-electron chi connectivity index (χ2n) is 5.97. The maximum atomic E-state index is 12.6. The Labute approximate surface area is 171 Å². The number of nitro benzene ring substituents is 1. The van der Waals surface area contributed by atoms with Gasteiger partial charge in [-0.2, -0.15) is 5.10 Å². The van der Waals surface area contributed by atoms with Crippen LogP contribution in [0.3, 0.4) is 0 Å². The van der Waals surface area contributed by atoms with Gasteiger partial charge in [-0.25, -0.2) is 8.42 Å². The van der Waals surface area contributed by atoms with Crippen LogP contribution >= 0.6 is 11.6 Å². The number of halogens is 1. The van der Waals surface area contributed by atoms with Crippen LogP contribution in [-0.2, 0) is 17.1 Å². The van der Waals surface area contributed by atoms with Crippen LogP contribution in [0.1, 0.15) is 5.69 Å². The average Bonchev–Trinajstić information content (AvgIpc) is 3.06. The van der Waals surface area contributed by atoms with Crippen molar-refractivity contribution in [2.75, 3.05) is 10.1 Å². The maximum absolute atomic E-state index is 12.6. The van der Waals surface area contributed by atoms with Crippen molar-refractivity contribution in [3.8, 4) is 0 Å². The van der Waals surface area contributed by atoms with Gasteiger partial charge in [0.25, 0.3) is 15.7 Å². The summed E-state index contributed by atoms with van der Waals surface area (Å²) in [5, 5.41) is 15.8. The summed E-state index contributed by atoms with van der Waals surface area (Å²) in [7, 11) is -2.22. The van der Waals surface area contributed by atoms with Crippen LogP contribution in [0, 0.1) is 10.1 Å². The van der Waals surface area contributed by atoms with E-state index in [9.17, 15) is 18.5 Å². The third kappa shape index (κ3) is 4.92. The van der Waals surface area contributed by atoms with Crippen molar-refractivity contribution in [3.05, 3.63) is 81.6 Å². The smallest absolute Gasteiger partial charge is 0.295 e. The van der Waals surface area contributed by atoms with E-state index < -0.39 is 20.6 Å². The molecule has 11 heteroatoms. The third-order valence-corrected chi connectivity index (χ3v) is 5.53. The van der Waals surface area contributed by atoms with Gasteiger partial charge in [0.1, 0.15) is 5.69 Å². The Morgan fingerprint density at radius 2 is 1.97 bits per heavy atom. The zero-order chi connectivity index (χ0) is 21.0. The van der Waals surface area contributed by atoms with Gasteiger partial charge in [0, 0.05) is 24.3 Å². The second kappa shape index (κ2) is 8.33. The number of nitrogens with one attached hydrogen (secondary N) is 2. The highest BCUT2D eigenvalue weighted by atomic mass is 35.5. The van der Waals surface area contributed by atoms with Crippen LogP contribution in [0.5, 0.6) is 0 Å². The molecule has 3 rings (SSSR count). The topological polar surface area (TPSA) is 119 Å². The zero-order valence-electron chi connectivity index (χ0n) is 15.1. The van der Waals surface area contributed by atoms with Crippen molar-refractivity contribution < 1.29 is 13.3 Å². The molecule has 0 bridgehead atoms. The van der Waals surface area contributed by atoms with Gasteiger partial charge in [-0.05, 0) is 42.5 Å². The van der Waals surface area contributed by atoms with Gasteiger partial charge in [-0.15, -0.1) is 0 Å². The summed E-state index contributed by atoms with van der Waals surface area (Å²) in [5.41, 5.74) is 3.23. The number of hydrogen-bond acceptors (Lipinski definition) is 6. The highest BCUT2D eigenvalue weighted by Crippen LogP contribution is 2.29. The average molecular weight is 434 g/mol. The van der Waals surface area contributed by atoms with E-state index in [2.05, 4.69) is 15.2 Å². The molecule has 0 radical (unpaired) electrons. The number of nitro groups is 1. The van der Waals surface area contributed by atoms with Gasteiger partial charge in [-0.3, -0.25) is 20.3 Å². The third-order valence-electron chi connectivity index (χ3n) is 3.92. The second-order valence-corrected chi connectivity index (χ2v) is 8.08. The molecule has 2 aromatic carbocycles. The van der Waals surface area contributed by atoms with E-state index in [1.807, 2.05) is 29.9 Å². The number of aryl methyl sites for hydroxylation is 1. The molecular formula is C18H16ClN5O4S. The summed E-state index contributed by atoms with van der Waals surface area (Å²) >= 11 is 5.86. The number of hydrazone groups is 1. The fraction of sp³-hybridized carbons (Fsp3) is 0.0556. The number of anilines is 2. The Kier molecular flexibility index (Phi) is 5.85. The number of sulfonamides is 1. The summed E-state index contributed by atoms with van der Waals surface area (Å²) < 4.78 is 29.3. The Hall–Kier alpha value is -3.37. The molecule has 0 fully saturated rings. The van der Waals surface area contributed by atoms with E-state index in [0.29, 0.717) is 5.02 Å². The molecule has 0 amide bonds. The van der Waals surface area contributed by atoms with Crippen molar-refractivity contribution in [2.24, 2.45) is 12.1 Å². The predicted molar refractivity (Wildman–Crippen MR) is 112 cm³/mol. The van der Waals surface area contributed by atoms with Gasteiger partial charge in [0.05, 0.1) is 27.4 Å². The first-order chi connectivity index (χ1) is 13.8. The summed E-state index contributed by atoms with van der Waals surface area (Å²) in [6.07, 6.45) is 3.32. The molecule has 0 saturated carbocycles. The molecule has 2 N–H and O–H groups in total. The number of rotatable bonds is 7. The predicted octanol–water partition coefficient (Wildman–Crippen LogP) is 3.83. The first kappa shape index (κ1) is 20.4. The minimum atomic E-state index is -4.05. The number of aromatic nitrogens is 1.